The van der Waals surface area contributed by atoms with Crippen LogP contribution in [0.3, 0.4) is 0 Å². The van der Waals surface area contributed by atoms with Crippen molar-refractivity contribution in [3.63, 3.8) is 0 Å². The number of nitro groups is 1. The molecule has 0 saturated heterocycles. The van der Waals surface area contributed by atoms with Gasteiger partial charge in [-0.05, 0) is 6.42 Å². The van der Waals surface area contributed by atoms with Crippen molar-refractivity contribution >= 4 is 17.3 Å². The fraction of sp³-hybridized carbons (Fsp3) is 0.455. The lowest BCUT2D eigenvalue weighted by molar-refractivity contribution is -0.383. The van der Waals surface area contributed by atoms with Crippen molar-refractivity contribution in [3.05, 3.63) is 28.7 Å². The van der Waals surface area contributed by atoms with Gasteiger partial charge in [0.1, 0.15) is 6.33 Å². The Balaban J connectivity index is 2.08. The van der Waals surface area contributed by atoms with Crippen LogP contribution in [-0.4, -0.2) is 38.1 Å². The topological polar surface area (TPSA) is 132 Å². The van der Waals surface area contributed by atoms with Crippen LogP contribution < -0.4 is 10.6 Å². The van der Waals surface area contributed by atoms with Gasteiger partial charge in [0.15, 0.2) is 6.33 Å². The largest absolute Gasteiger partial charge is 0.364 e. The standard InChI is InChI=1S/C11H15N7O3/c1-2-4-12-10-9(18(19)20)11(16-6-15-10)13-5-3-8-14-7-17-21-8/h6-7H,2-5H2,1H3,(H2,12,13,15,16). The maximum Gasteiger partial charge on any atom is 0.353 e. The quantitative estimate of drug-likeness (QED) is 0.544. The van der Waals surface area contributed by atoms with Crippen molar-refractivity contribution in [2.24, 2.45) is 0 Å². The van der Waals surface area contributed by atoms with Gasteiger partial charge < -0.3 is 15.2 Å². The van der Waals surface area contributed by atoms with Crippen molar-refractivity contribution in [1.29, 1.82) is 0 Å². The molecule has 21 heavy (non-hydrogen) atoms. The van der Waals surface area contributed by atoms with E-state index in [4.69, 9.17) is 4.52 Å². The van der Waals surface area contributed by atoms with Crippen molar-refractivity contribution in [3.8, 4) is 0 Å². The Hall–Kier alpha value is -2.78. The lowest BCUT2D eigenvalue weighted by Crippen LogP contribution is -2.12. The summed E-state index contributed by atoms with van der Waals surface area (Å²) < 4.78 is 4.85. The van der Waals surface area contributed by atoms with Crippen LogP contribution in [0.4, 0.5) is 17.3 Å². The van der Waals surface area contributed by atoms with Crippen molar-refractivity contribution in [2.45, 2.75) is 19.8 Å². The van der Waals surface area contributed by atoms with Gasteiger partial charge in [-0.15, -0.1) is 0 Å². The third-order valence-corrected chi connectivity index (χ3v) is 2.59. The molecule has 2 rings (SSSR count). The molecule has 0 unspecified atom stereocenters. The maximum atomic E-state index is 11.2. The molecular weight excluding hydrogens is 278 g/mol. The van der Waals surface area contributed by atoms with Gasteiger partial charge in [0.2, 0.25) is 17.5 Å². The lowest BCUT2D eigenvalue weighted by atomic mass is 10.3. The number of hydrogen-bond donors (Lipinski definition) is 2. The molecule has 0 atom stereocenters. The van der Waals surface area contributed by atoms with Gasteiger partial charge in [0.05, 0.1) is 4.92 Å². The number of rotatable bonds is 8. The third-order valence-electron chi connectivity index (χ3n) is 2.59. The molecular formula is C11H15N7O3. The molecule has 2 N–H and O–H groups in total. The summed E-state index contributed by atoms with van der Waals surface area (Å²) in [6.07, 6.45) is 3.86. The Morgan fingerprint density at radius 1 is 1.19 bits per heavy atom. The van der Waals surface area contributed by atoms with Gasteiger partial charge >= 0.3 is 5.69 Å². The van der Waals surface area contributed by atoms with Crippen LogP contribution in [0.15, 0.2) is 17.2 Å². The first kappa shape index (κ1) is 14.6. The average molecular weight is 293 g/mol. The Kier molecular flexibility index (Phi) is 4.96. The molecule has 10 heteroatoms. The summed E-state index contributed by atoms with van der Waals surface area (Å²) in [6.45, 7) is 2.94. The van der Waals surface area contributed by atoms with Crippen molar-refractivity contribution < 1.29 is 9.45 Å². The summed E-state index contributed by atoms with van der Waals surface area (Å²) in [4.78, 5) is 22.4. The first-order chi connectivity index (χ1) is 10.2. The molecule has 0 bridgehead atoms. The van der Waals surface area contributed by atoms with Crippen LogP contribution in [0.5, 0.6) is 0 Å². The van der Waals surface area contributed by atoms with E-state index in [0.717, 1.165) is 6.42 Å². The molecule has 2 heterocycles. The van der Waals surface area contributed by atoms with E-state index in [-0.39, 0.29) is 17.3 Å². The van der Waals surface area contributed by atoms with Crippen LogP contribution in [0.2, 0.25) is 0 Å². The van der Waals surface area contributed by atoms with Crippen LogP contribution in [0.1, 0.15) is 19.2 Å². The molecule has 0 radical (unpaired) electrons. The molecule has 2 aromatic rings. The summed E-state index contributed by atoms with van der Waals surface area (Å²) in [5, 5.41) is 20.5. The monoisotopic (exact) mass is 293 g/mol. The number of hydrogen-bond acceptors (Lipinski definition) is 9. The molecule has 0 saturated carbocycles. The summed E-state index contributed by atoms with van der Waals surface area (Å²) in [5.41, 5.74) is -0.170. The number of aromatic nitrogens is 4. The molecule has 0 aliphatic rings. The first-order valence-corrected chi connectivity index (χ1v) is 6.45. The third kappa shape index (κ3) is 3.84. The summed E-state index contributed by atoms with van der Waals surface area (Å²) in [6, 6.07) is 0. The minimum atomic E-state index is -0.507. The molecule has 0 aliphatic carbocycles. The lowest BCUT2D eigenvalue weighted by Gasteiger charge is -2.08. The minimum Gasteiger partial charge on any atom is -0.364 e. The van der Waals surface area contributed by atoms with Gasteiger partial charge in [-0.3, -0.25) is 10.1 Å². The smallest absolute Gasteiger partial charge is 0.353 e. The summed E-state index contributed by atoms with van der Waals surface area (Å²) in [5.74, 6) is 0.814. The van der Waals surface area contributed by atoms with Gasteiger partial charge in [-0.1, -0.05) is 12.1 Å². The van der Waals surface area contributed by atoms with Crippen LogP contribution >= 0.6 is 0 Å². The molecule has 0 amide bonds. The molecule has 0 aromatic carbocycles. The van der Waals surface area contributed by atoms with Crippen molar-refractivity contribution in [1.82, 2.24) is 20.1 Å². The molecule has 0 aliphatic heterocycles. The molecule has 2 aromatic heterocycles. The van der Waals surface area contributed by atoms with E-state index in [1.807, 2.05) is 6.92 Å². The SMILES string of the molecule is CCCNc1ncnc(NCCc2ncno2)c1[N+](=O)[O-]. The van der Waals surface area contributed by atoms with E-state index in [1.54, 1.807) is 0 Å². The van der Waals surface area contributed by atoms with Gasteiger partial charge in [0, 0.05) is 19.5 Å². The molecule has 0 fully saturated rings. The van der Waals surface area contributed by atoms with E-state index in [9.17, 15) is 10.1 Å². The fourth-order valence-corrected chi connectivity index (χ4v) is 1.65. The highest BCUT2D eigenvalue weighted by atomic mass is 16.6. The molecule has 10 nitrogen and oxygen atoms in total. The Morgan fingerprint density at radius 2 is 1.90 bits per heavy atom. The Morgan fingerprint density at radius 3 is 2.48 bits per heavy atom. The minimum absolute atomic E-state index is 0.160. The highest BCUT2D eigenvalue weighted by Gasteiger charge is 2.22. The van der Waals surface area contributed by atoms with Gasteiger partial charge in [-0.2, -0.15) is 4.98 Å². The highest BCUT2D eigenvalue weighted by Crippen LogP contribution is 2.28. The van der Waals surface area contributed by atoms with E-state index >= 15 is 0 Å². The van der Waals surface area contributed by atoms with E-state index < -0.39 is 4.92 Å². The fourth-order valence-electron chi connectivity index (χ4n) is 1.65. The molecule has 0 spiro atoms. The Bertz CT molecular complexity index is 588. The van der Waals surface area contributed by atoms with Crippen molar-refractivity contribution in [2.75, 3.05) is 23.7 Å². The van der Waals surface area contributed by atoms with Crippen LogP contribution in [0, 0.1) is 10.1 Å². The normalized spacial score (nSPS) is 10.3. The second kappa shape index (κ2) is 7.12. The summed E-state index contributed by atoms with van der Waals surface area (Å²) >= 11 is 0. The number of nitrogens with zero attached hydrogens (tertiary/aromatic N) is 5. The van der Waals surface area contributed by atoms with Gasteiger partial charge in [0.25, 0.3) is 0 Å². The second-order valence-electron chi connectivity index (χ2n) is 4.12. The zero-order chi connectivity index (χ0) is 15.1. The zero-order valence-electron chi connectivity index (χ0n) is 11.4. The summed E-state index contributed by atoms with van der Waals surface area (Å²) in [7, 11) is 0. The number of nitrogens with one attached hydrogen (secondary N) is 2. The maximum absolute atomic E-state index is 11.2. The molecule has 112 valence electrons. The predicted molar refractivity (Wildman–Crippen MR) is 74.0 cm³/mol. The highest BCUT2D eigenvalue weighted by molar-refractivity contribution is 5.69. The van der Waals surface area contributed by atoms with Crippen LogP contribution in [0.25, 0.3) is 0 Å². The predicted octanol–water partition coefficient (Wildman–Crippen LogP) is 1.24. The average Bonchev–Trinajstić information content (AvgIpc) is 2.98. The second-order valence-corrected chi connectivity index (χ2v) is 4.12. The van der Waals surface area contributed by atoms with E-state index in [1.165, 1.54) is 12.7 Å². The van der Waals surface area contributed by atoms with Gasteiger partial charge in [-0.25, -0.2) is 9.97 Å². The zero-order valence-corrected chi connectivity index (χ0v) is 11.4. The van der Waals surface area contributed by atoms with E-state index in [2.05, 4.69) is 30.7 Å². The Labute approximate surface area is 120 Å². The first-order valence-electron chi connectivity index (χ1n) is 6.45. The van der Waals surface area contributed by atoms with Crippen LogP contribution in [-0.2, 0) is 6.42 Å². The number of anilines is 2. The van der Waals surface area contributed by atoms with E-state index in [0.29, 0.717) is 25.4 Å².